The third-order valence-electron chi connectivity index (χ3n) is 2.57. The highest BCUT2D eigenvalue weighted by Gasteiger charge is 2.09. The molecule has 0 heterocycles. The third-order valence-corrected chi connectivity index (χ3v) is 2.57. The zero-order valence-electron chi connectivity index (χ0n) is 9.91. The van der Waals surface area contributed by atoms with E-state index in [1.165, 1.54) is 18.2 Å². The average molecular weight is 244 g/mol. The molecule has 0 aliphatic rings. The van der Waals surface area contributed by atoms with Crippen molar-refractivity contribution in [3.05, 3.63) is 59.4 Å². The number of nitrogens with two attached hydrogens (primary N) is 1. The van der Waals surface area contributed by atoms with E-state index in [0.717, 1.165) is 5.56 Å². The summed E-state index contributed by atoms with van der Waals surface area (Å²) in [5, 5.41) is 2.62. The fourth-order valence-corrected chi connectivity index (χ4v) is 1.71. The second kappa shape index (κ2) is 4.87. The molecule has 0 aliphatic heterocycles. The number of benzene rings is 2. The Kier molecular flexibility index (Phi) is 3.28. The Bertz CT molecular complexity index is 576. The van der Waals surface area contributed by atoms with Gasteiger partial charge in [-0.3, -0.25) is 4.79 Å². The summed E-state index contributed by atoms with van der Waals surface area (Å²) in [7, 11) is 0. The molecule has 0 saturated carbocycles. The van der Waals surface area contributed by atoms with E-state index in [4.69, 9.17) is 5.73 Å². The van der Waals surface area contributed by atoms with E-state index in [1.807, 2.05) is 19.1 Å². The fourth-order valence-electron chi connectivity index (χ4n) is 1.71. The monoisotopic (exact) mass is 244 g/mol. The largest absolute Gasteiger partial charge is 0.399 e. The zero-order chi connectivity index (χ0) is 13.1. The van der Waals surface area contributed by atoms with Gasteiger partial charge in [0.15, 0.2) is 0 Å². The topological polar surface area (TPSA) is 55.1 Å². The summed E-state index contributed by atoms with van der Waals surface area (Å²) in [6, 6.07) is 11.1. The van der Waals surface area contributed by atoms with Crippen LogP contribution in [0.3, 0.4) is 0 Å². The highest BCUT2D eigenvalue weighted by atomic mass is 19.1. The maximum Gasteiger partial charge on any atom is 0.255 e. The lowest BCUT2D eigenvalue weighted by Gasteiger charge is -2.08. The number of rotatable bonds is 2. The Morgan fingerprint density at radius 3 is 2.61 bits per heavy atom. The molecule has 0 aliphatic carbocycles. The molecule has 92 valence electrons. The molecule has 3 nitrogen and oxygen atoms in total. The van der Waals surface area contributed by atoms with Gasteiger partial charge in [0.1, 0.15) is 5.82 Å². The van der Waals surface area contributed by atoms with Crippen LogP contribution < -0.4 is 11.1 Å². The van der Waals surface area contributed by atoms with Crippen LogP contribution >= 0.6 is 0 Å². The van der Waals surface area contributed by atoms with Crippen LogP contribution in [0, 0.1) is 12.7 Å². The molecule has 2 rings (SSSR count). The van der Waals surface area contributed by atoms with Crippen LogP contribution in [0.4, 0.5) is 15.8 Å². The van der Waals surface area contributed by atoms with E-state index >= 15 is 0 Å². The Morgan fingerprint density at radius 1 is 1.22 bits per heavy atom. The Hall–Kier alpha value is -2.36. The molecule has 2 aromatic carbocycles. The molecule has 18 heavy (non-hydrogen) atoms. The fraction of sp³-hybridized carbons (Fsp3) is 0.0714. The van der Waals surface area contributed by atoms with Gasteiger partial charge in [0.2, 0.25) is 0 Å². The van der Waals surface area contributed by atoms with Gasteiger partial charge in [-0.05, 0) is 36.8 Å². The molecule has 0 atom stereocenters. The van der Waals surface area contributed by atoms with Crippen LogP contribution in [0.2, 0.25) is 0 Å². The van der Waals surface area contributed by atoms with Crippen molar-refractivity contribution in [1.82, 2.24) is 0 Å². The number of anilines is 2. The summed E-state index contributed by atoms with van der Waals surface area (Å²) in [4.78, 5) is 12.0. The molecular formula is C14H13FN2O. The maximum absolute atomic E-state index is 13.1. The number of halogens is 1. The summed E-state index contributed by atoms with van der Waals surface area (Å²) in [5.74, 6) is -0.756. The standard InChI is InChI=1S/C14H13FN2O/c1-9-4-2-3-5-13(9)14(18)17-12-7-10(15)6-11(16)8-12/h2-8H,16H2,1H3,(H,17,18). The SMILES string of the molecule is Cc1ccccc1C(=O)Nc1cc(N)cc(F)c1. The highest BCUT2D eigenvalue weighted by molar-refractivity contribution is 6.05. The van der Waals surface area contributed by atoms with Gasteiger partial charge in [-0.25, -0.2) is 4.39 Å². The Labute approximate surface area is 104 Å². The first-order chi connectivity index (χ1) is 8.56. The second-order valence-corrected chi connectivity index (χ2v) is 4.04. The normalized spacial score (nSPS) is 10.1. The zero-order valence-corrected chi connectivity index (χ0v) is 9.91. The number of hydrogen-bond acceptors (Lipinski definition) is 2. The molecule has 0 saturated heterocycles. The van der Waals surface area contributed by atoms with Crippen molar-refractivity contribution in [1.29, 1.82) is 0 Å². The van der Waals surface area contributed by atoms with Gasteiger partial charge in [-0.15, -0.1) is 0 Å². The first-order valence-electron chi connectivity index (χ1n) is 5.49. The van der Waals surface area contributed by atoms with Crippen LogP contribution in [0.1, 0.15) is 15.9 Å². The van der Waals surface area contributed by atoms with Crippen molar-refractivity contribution in [3.63, 3.8) is 0 Å². The average Bonchev–Trinajstić information content (AvgIpc) is 2.27. The second-order valence-electron chi connectivity index (χ2n) is 4.04. The van der Waals surface area contributed by atoms with E-state index in [-0.39, 0.29) is 11.6 Å². The van der Waals surface area contributed by atoms with Crippen molar-refractivity contribution >= 4 is 17.3 Å². The lowest BCUT2D eigenvalue weighted by molar-refractivity contribution is 0.102. The number of nitrogen functional groups attached to an aromatic ring is 1. The molecule has 4 heteroatoms. The van der Waals surface area contributed by atoms with Gasteiger partial charge in [-0.1, -0.05) is 18.2 Å². The molecule has 0 bridgehead atoms. The van der Waals surface area contributed by atoms with Crippen molar-refractivity contribution < 1.29 is 9.18 Å². The number of carbonyl (C=O) groups excluding carboxylic acids is 1. The number of amides is 1. The Morgan fingerprint density at radius 2 is 1.94 bits per heavy atom. The van der Waals surface area contributed by atoms with Gasteiger partial charge >= 0.3 is 0 Å². The molecule has 0 unspecified atom stereocenters. The third kappa shape index (κ3) is 2.66. The smallest absolute Gasteiger partial charge is 0.255 e. The van der Waals surface area contributed by atoms with E-state index < -0.39 is 5.82 Å². The van der Waals surface area contributed by atoms with Gasteiger partial charge in [-0.2, -0.15) is 0 Å². The number of carbonyl (C=O) groups is 1. The van der Waals surface area contributed by atoms with E-state index in [9.17, 15) is 9.18 Å². The molecule has 0 radical (unpaired) electrons. The van der Waals surface area contributed by atoms with Crippen molar-refractivity contribution in [2.24, 2.45) is 0 Å². The van der Waals surface area contributed by atoms with Crippen molar-refractivity contribution in [2.45, 2.75) is 6.92 Å². The van der Waals surface area contributed by atoms with Crippen LogP contribution in [0.25, 0.3) is 0 Å². The van der Waals surface area contributed by atoms with Gasteiger partial charge in [0.05, 0.1) is 0 Å². The first-order valence-corrected chi connectivity index (χ1v) is 5.49. The van der Waals surface area contributed by atoms with Crippen molar-refractivity contribution in [2.75, 3.05) is 11.1 Å². The van der Waals surface area contributed by atoms with Crippen LogP contribution in [0.15, 0.2) is 42.5 Å². The lowest BCUT2D eigenvalue weighted by atomic mass is 10.1. The minimum absolute atomic E-state index is 0.273. The van der Waals surface area contributed by atoms with Crippen LogP contribution in [0.5, 0.6) is 0 Å². The van der Waals surface area contributed by atoms with Crippen molar-refractivity contribution in [3.8, 4) is 0 Å². The van der Waals surface area contributed by atoms with E-state index in [0.29, 0.717) is 11.3 Å². The van der Waals surface area contributed by atoms with E-state index in [1.54, 1.807) is 12.1 Å². The number of nitrogens with one attached hydrogen (secondary N) is 1. The van der Waals surface area contributed by atoms with Crippen LogP contribution in [-0.2, 0) is 0 Å². The minimum Gasteiger partial charge on any atom is -0.399 e. The molecule has 3 N–H and O–H groups in total. The summed E-state index contributed by atoms with van der Waals surface area (Å²) in [6.45, 7) is 1.84. The minimum atomic E-state index is -0.477. The van der Waals surface area contributed by atoms with Gasteiger partial charge < -0.3 is 11.1 Å². The molecule has 0 aromatic heterocycles. The molecular weight excluding hydrogens is 231 g/mol. The highest BCUT2D eigenvalue weighted by Crippen LogP contribution is 2.17. The summed E-state index contributed by atoms with van der Waals surface area (Å²) >= 11 is 0. The lowest BCUT2D eigenvalue weighted by Crippen LogP contribution is -2.13. The quantitative estimate of drug-likeness (QED) is 0.798. The summed E-state index contributed by atoms with van der Waals surface area (Å²) < 4.78 is 13.1. The van der Waals surface area contributed by atoms with E-state index in [2.05, 4.69) is 5.32 Å². The first kappa shape index (κ1) is 12.1. The summed E-state index contributed by atoms with van der Waals surface area (Å²) in [6.07, 6.45) is 0. The molecule has 1 amide bonds. The predicted molar refractivity (Wildman–Crippen MR) is 69.9 cm³/mol. The predicted octanol–water partition coefficient (Wildman–Crippen LogP) is 2.97. The van der Waals surface area contributed by atoms with Gasteiger partial charge in [0.25, 0.3) is 5.91 Å². The molecule has 0 fully saturated rings. The Balaban J connectivity index is 2.24. The summed E-state index contributed by atoms with van der Waals surface area (Å²) in [5.41, 5.74) is 7.55. The molecule has 2 aromatic rings. The number of aryl methyl sites for hydroxylation is 1. The number of hydrogen-bond donors (Lipinski definition) is 2. The van der Waals surface area contributed by atoms with Gasteiger partial charge in [0, 0.05) is 16.9 Å². The van der Waals surface area contributed by atoms with Crippen LogP contribution in [-0.4, -0.2) is 5.91 Å². The molecule has 0 spiro atoms. The maximum atomic E-state index is 13.1.